The van der Waals surface area contributed by atoms with E-state index in [9.17, 15) is 13.2 Å². The molecule has 8 aromatic rings. The van der Waals surface area contributed by atoms with Crippen LogP contribution in [0.3, 0.4) is 0 Å². The van der Waals surface area contributed by atoms with Gasteiger partial charge in [-0.2, -0.15) is 25.3 Å². The molecule has 0 atom stereocenters. The SMILES string of the molecule is CC(C)(C)Cc1cc2c(-c3ccc4ccccc4c3)cccc2[cH-]1.CC(C)(C)Cc1cc2c(-c3ccc4ccccc4c3)cccc2[cH-]1.C[Si]CCC(F)(F)F.[Cl][Zr+2][Cl]. The van der Waals surface area contributed by atoms with Gasteiger partial charge in [-0.1, -0.05) is 150 Å². The molecule has 0 bridgehead atoms. The van der Waals surface area contributed by atoms with Gasteiger partial charge in [0.25, 0.3) is 0 Å². The van der Waals surface area contributed by atoms with Crippen LogP contribution in [0.5, 0.6) is 0 Å². The van der Waals surface area contributed by atoms with Crippen molar-refractivity contribution in [2.24, 2.45) is 10.8 Å². The standard InChI is InChI=1S/2C24H23.C4H7F3Si.2ClH.Zr/c2*1-24(2,3)16-17-13-20-9-6-10-22(23(20)14-17)21-12-11-18-7-4-5-8-19(18)15-21;1-8-3-2-4(5,6)7;;;/h2*4-15H,16H2,1-3H3;2-3H2,1H3;2*1H;/q2*-1;;;;+4/p-2. The van der Waals surface area contributed by atoms with E-state index in [0.29, 0.717) is 20.3 Å². The summed E-state index contributed by atoms with van der Waals surface area (Å²) < 4.78 is 33.7. The number of rotatable bonds is 6. The molecule has 0 aliphatic carbocycles. The van der Waals surface area contributed by atoms with Crippen LogP contribution >= 0.6 is 17.0 Å². The Morgan fingerprint density at radius 1 is 0.525 bits per heavy atom. The second kappa shape index (κ2) is 20.9. The monoisotopic (exact) mass is 922 g/mol. The summed E-state index contributed by atoms with van der Waals surface area (Å²) in [4.78, 5) is 0. The number of hydrogen-bond acceptors (Lipinski definition) is 0. The van der Waals surface area contributed by atoms with Crippen molar-refractivity contribution < 1.29 is 34.0 Å². The molecule has 0 fully saturated rings. The van der Waals surface area contributed by atoms with Crippen molar-refractivity contribution in [3.8, 4) is 22.3 Å². The minimum absolute atomic E-state index is 0.281. The van der Waals surface area contributed by atoms with Crippen molar-refractivity contribution in [2.75, 3.05) is 0 Å². The third kappa shape index (κ3) is 14.0. The first-order valence-corrected chi connectivity index (χ1v) is 28.0. The van der Waals surface area contributed by atoms with E-state index in [2.05, 4.69) is 187 Å². The van der Waals surface area contributed by atoms with Gasteiger partial charge in [-0.25, -0.2) is 0 Å². The molecule has 8 rings (SSSR count). The van der Waals surface area contributed by atoms with Crippen LogP contribution in [0.25, 0.3) is 65.3 Å². The van der Waals surface area contributed by atoms with Crippen LogP contribution in [0, 0.1) is 10.8 Å². The van der Waals surface area contributed by atoms with E-state index >= 15 is 0 Å². The molecule has 0 saturated heterocycles. The molecule has 0 aliphatic heterocycles. The molecule has 0 spiro atoms. The van der Waals surface area contributed by atoms with Crippen molar-refractivity contribution >= 4 is 69.6 Å². The molecule has 0 N–H and O–H groups in total. The molecule has 304 valence electrons. The van der Waals surface area contributed by atoms with Gasteiger partial charge in [0, 0.05) is 15.9 Å². The Morgan fingerprint density at radius 3 is 1.25 bits per heavy atom. The van der Waals surface area contributed by atoms with Crippen molar-refractivity contribution in [3.05, 3.63) is 157 Å². The van der Waals surface area contributed by atoms with Crippen LogP contribution in [0.15, 0.2) is 146 Å². The second-order valence-electron chi connectivity index (χ2n) is 17.5. The number of hydrogen-bond donors (Lipinski definition) is 0. The molecule has 0 amide bonds. The molecular weight excluding hydrogens is 872 g/mol. The van der Waals surface area contributed by atoms with Gasteiger partial charge in [-0.05, 0) is 68.5 Å². The van der Waals surface area contributed by atoms with Gasteiger partial charge in [0.05, 0.1) is 0 Å². The van der Waals surface area contributed by atoms with Crippen LogP contribution in [-0.2, 0) is 33.7 Å². The molecule has 2 radical (unpaired) electrons. The van der Waals surface area contributed by atoms with E-state index in [1.54, 1.807) is 6.55 Å². The fourth-order valence-electron chi connectivity index (χ4n) is 7.51. The molecule has 0 unspecified atom stereocenters. The number of benzene rings is 6. The zero-order chi connectivity index (χ0) is 42.8. The summed E-state index contributed by atoms with van der Waals surface area (Å²) in [6.45, 7) is 15.6. The van der Waals surface area contributed by atoms with Crippen LogP contribution < -0.4 is 0 Å². The summed E-state index contributed by atoms with van der Waals surface area (Å²) in [6.07, 6.45) is -2.34. The van der Waals surface area contributed by atoms with Gasteiger partial charge in [0.15, 0.2) is 0 Å². The molecule has 59 heavy (non-hydrogen) atoms. The number of alkyl halides is 3. The van der Waals surface area contributed by atoms with E-state index in [1.807, 2.05) is 0 Å². The van der Waals surface area contributed by atoms with Crippen LogP contribution in [0.4, 0.5) is 13.2 Å². The molecular formula is C52H53Cl2F3SiZr. The predicted molar refractivity (Wildman–Crippen MR) is 250 cm³/mol. The van der Waals surface area contributed by atoms with E-state index in [-0.39, 0.29) is 6.04 Å². The van der Waals surface area contributed by atoms with E-state index < -0.39 is 33.4 Å². The summed E-state index contributed by atoms with van der Waals surface area (Å²) in [6, 6.07) is 53.7. The Hall–Kier alpha value is -3.47. The molecule has 0 saturated carbocycles. The Balaban J connectivity index is 0.000000180. The fourth-order valence-corrected chi connectivity index (χ4v) is 8.04. The maximum atomic E-state index is 11.2. The fraction of sp³-hybridized carbons (Fsp3) is 0.269. The topological polar surface area (TPSA) is 0 Å². The average molecular weight is 925 g/mol. The summed E-state index contributed by atoms with van der Waals surface area (Å²) >= 11 is -0.826. The van der Waals surface area contributed by atoms with E-state index in [1.165, 1.54) is 76.5 Å². The molecule has 0 aromatic heterocycles. The molecule has 8 aromatic carbocycles. The predicted octanol–water partition coefficient (Wildman–Crippen LogP) is 17.4. The van der Waals surface area contributed by atoms with Crippen LogP contribution in [0.2, 0.25) is 12.6 Å². The van der Waals surface area contributed by atoms with E-state index in [4.69, 9.17) is 17.0 Å². The third-order valence-electron chi connectivity index (χ3n) is 9.87. The van der Waals surface area contributed by atoms with Gasteiger partial charge >= 0.3 is 44.1 Å². The van der Waals surface area contributed by atoms with Crippen LogP contribution in [0.1, 0.15) is 59.1 Å². The maximum absolute atomic E-state index is 11.2. The summed E-state index contributed by atoms with van der Waals surface area (Å²) in [7, 11) is 10.3. The van der Waals surface area contributed by atoms with Gasteiger partial charge in [-0.15, -0.1) is 69.1 Å². The first-order chi connectivity index (χ1) is 28.0. The number of fused-ring (bicyclic) bond motifs is 4. The van der Waals surface area contributed by atoms with Gasteiger partial charge in [0.2, 0.25) is 0 Å². The Kier molecular flexibility index (Phi) is 16.5. The third-order valence-corrected chi connectivity index (χ3v) is 10.6. The average Bonchev–Trinajstić information content (AvgIpc) is 3.78. The molecule has 0 heterocycles. The number of halogens is 5. The first-order valence-electron chi connectivity index (χ1n) is 20.0. The first kappa shape index (κ1) is 46.6. The Bertz CT molecular complexity index is 2400. The molecule has 7 heteroatoms. The van der Waals surface area contributed by atoms with Gasteiger partial charge in [-0.3, -0.25) is 0 Å². The zero-order valence-corrected chi connectivity index (χ0v) is 40.0. The van der Waals surface area contributed by atoms with Crippen molar-refractivity contribution in [3.63, 3.8) is 0 Å². The normalized spacial score (nSPS) is 11.7. The summed E-state index contributed by atoms with van der Waals surface area (Å²) in [5.74, 6) is 0. The van der Waals surface area contributed by atoms with Crippen molar-refractivity contribution in [1.29, 1.82) is 0 Å². The zero-order valence-electron chi connectivity index (χ0n) is 35.1. The summed E-state index contributed by atoms with van der Waals surface area (Å²) in [5.41, 5.74) is 8.76. The summed E-state index contributed by atoms with van der Waals surface area (Å²) in [5, 5.41) is 10.6. The van der Waals surface area contributed by atoms with Gasteiger partial charge in [0.1, 0.15) is 0 Å². The van der Waals surface area contributed by atoms with Crippen molar-refractivity contribution in [2.45, 2.75) is 79.6 Å². The minimum atomic E-state index is -3.94. The van der Waals surface area contributed by atoms with Gasteiger partial charge < -0.3 is 0 Å². The molecule has 0 nitrogen and oxygen atoms in total. The van der Waals surface area contributed by atoms with E-state index in [0.717, 1.165) is 12.8 Å². The Labute approximate surface area is 370 Å². The second-order valence-corrected chi connectivity index (χ2v) is 22.4. The molecule has 0 aliphatic rings. The van der Waals surface area contributed by atoms with Crippen LogP contribution in [-0.4, -0.2) is 15.7 Å². The van der Waals surface area contributed by atoms with Crippen molar-refractivity contribution in [1.82, 2.24) is 0 Å². The Morgan fingerprint density at radius 2 is 0.915 bits per heavy atom. The quantitative estimate of drug-likeness (QED) is 0.115.